The van der Waals surface area contributed by atoms with Crippen molar-refractivity contribution in [3.05, 3.63) is 23.8 Å². The Morgan fingerprint density at radius 1 is 1.33 bits per heavy atom. The van der Waals surface area contributed by atoms with Gasteiger partial charge in [0.2, 0.25) is 5.88 Å². The predicted octanol–water partition coefficient (Wildman–Crippen LogP) is 1.05. The minimum absolute atomic E-state index is 0.190. The van der Waals surface area contributed by atoms with Crippen LogP contribution < -0.4 is 0 Å². The van der Waals surface area contributed by atoms with E-state index in [-0.39, 0.29) is 5.88 Å². The molecule has 0 aliphatic carbocycles. The van der Waals surface area contributed by atoms with E-state index in [1.54, 1.807) is 23.7 Å². The van der Waals surface area contributed by atoms with Crippen molar-refractivity contribution in [1.82, 2.24) is 14.4 Å². The monoisotopic (exact) mass is 163 g/mol. The molecule has 4 heteroatoms. The average Bonchev–Trinajstić information content (AvgIpc) is 2.32. The molecule has 12 heavy (non-hydrogen) atoms. The maximum absolute atomic E-state index is 9.50. The summed E-state index contributed by atoms with van der Waals surface area (Å²) in [4.78, 5) is 8.23. The molecule has 2 heterocycles. The molecule has 0 unspecified atom stereocenters. The molecule has 0 radical (unpaired) electrons. The first-order valence-corrected chi connectivity index (χ1v) is 3.69. The third kappa shape index (κ3) is 0.777. The number of fused-ring (bicyclic) bond motifs is 1. The number of hydrogen-bond acceptors (Lipinski definition) is 3. The van der Waals surface area contributed by atoms with Crippen molar-refractivity contribution in [2.75, 3.05) is 0 Å². The molecule has 2 rings (SSSR count). The van der Waals surface area contributed by atoms with Crippen molar-refractivity contribution in [2.24, 2.45) is 0 Å². The first-order chi connectivity index (χ1) is 5.70. The molecule has 1 N–H and O–H groups in total. The van der Waals surface area contributed by atoms with E-state index in [1.807, 2.05) is 6.92 Å². The quantitative estimate of drug-likeness (QED) is 0.631. The zero-order valence-electron chi connectivity index (χ0n) is 6.94. The van der Waals surface area contributed by atoms with Crippen molar-refractivity contribution in [3.8, 4) is 5.88 Å². The lowest BCUT2D eigenvalue weighted by Gasteiger charge is -1.95. The summed E-state index contributed by atoms with van der Waals surface area (Å²) in [7, 11) is 0. The summed E-state index contributed by atoms with van der Waals surface area (Å²) < 4.78 is 1.62. The number of nitrogens with zero attached hydrogens (tertiary/aromatic N) is 3. The molecule has 0 aliphatic heterocycles. The molecule has 0 spiro atoms. The predicted molar refractivity (Wildman–Crippen MR) is 44.1 cm³/mol. The Hall–Kier alpha value is -1.58. The molecular formula is C8H9N3O. The van der Waals surface area contributed by atoms with Crippen LogP contribution in [0.5, 0.6) is 5.88 Å². The fraction of sp³-hybridized carbons (Fsp3) is 0.250. The maximum Gasteiger partial charge on any atom is 0.219 e. The van der Waals surface area contributed by atoms with Gasteiger partial charge in [-0.2, -0.15) is 0 Å². The van der Waals surface area contributed by atoms with Gasteiger partial charge in [-0.05, 0) is 13.8 Å². The number of aromatic nitrogens is 3. The second-order valence-electron chi connectivity index (χ2n) is 2.73. The number of aryl methyl sites for hydroxylation is 2. The normalized spacial score (nSPS) is 10.8. The van der Waals surface area contributed by atoms with Crippen molar-refractivity contribution in [3.63, 3.8) is 0 Å². The summed E-state index contributed by atoms with van der Waals surface area (Å²) >= 11 is 0. The average molecular weight is 163 g/mol. The molecule has 4 nitrogen and oxygen atoms in total. The molecule has 0 aromatic carbocycles. The molecule has 0 bridgehead atoms. The molecule has 0 fully saturated rings. The number of imidazole rings is 1. The Labute approximate surface area is 69.5 Å². The van der Waals surface area contributed by atoms with Crippen LogP contribution in [0.15, 0.2) is 12.4 Å². The minimum atomic E-state index is 0.190. The van der Waals surface area contributed by atoms with Gasteiger partial charge in [-0.1, -0.05) is 0 Å². The standard InChI is InChI=1S/C8H9N3O/c1-5-7-10-6(2)8(12)11(7)4-3-9-5/h3-4,12H,1-2H3. The van der Waals surface area contributed by atoms with Gasteiger partial charge >= 0.3 is 0 Å². The highest BCUT2D eigenvalue weighted by molar-refractivity contribution is 5.48. The second-order valence-corrected chi connectivity index (χ2v) is 2.73. The van der Waals surface area contributed by atoms with E-state index in [2.05, 4.69) is 9.97 Å². The summed E-state index contributed by atoms with van der Waals surface area (Å²) in [5, 5.41) is 9.50. The third-order valence-corrected chi connectivity index (χ3v) is 1.86. The van der Waals surface area contributed by atoms with E-state index >= 15 is 0 Å². The Morgan fingerprint density at radius 2 is 2.08 bits per heavy atom. The van der Waals surface area contributed by atoms with Gasteiger partial charge < -0.3 is 5.11 Å². The first-order valence-electron chi connectivity index (χ1n) is 3.69. The van der Waals surface area contributed by atoms with Gasteiger partial charge in [-0.3, -0.25) is 9.38 Å². The zero-order chi connectivity index (χ0) is 8.72. The van der Waals surface area contributed by atoms with Crippen LogP contribution in [0, 0.1) is 13.8 Å². The van der Waals surface area contributed by atoms with Gasteiger partial charge in [0, 0.05) is 12.4 Å². The topological polar surface area (TPSA) is 50.4 Å². The minimum Gasteiger partial charge on any atom is -0.493 e. The highest BCUT2D eigenvalue weighted by Crippen LogP contribution is 2.18. The lowest BCUT2D eigenvalue weighted by atomic mass is 10.5. The molecule has 2 aromatic heterocycles. The molecule has 0 aliphatic rings. The SMILES string of the molecule is Cc1nc2c(C)nccn2c1O. The van der Waals surface area contributed by atoms with Crippen molar-refractivity contribution in [1.29, 1.82) is 0 Å². The van der Waals surface area contributed by atoms with Crippen LogP contribution >= 0.6 is 0 Å². The summed E-state index contributed by atoms with van der Waals surface area (Å²) in [5.41, 5.74) is 2.17. The van der Waals surface area contributed by atoms with Crippen LogP contribution in [-0.2, 0) is 0 Å². The Morgan fingerprint density at radius 3 is 2.75 bits per heavy atom. The maximum atomic E-state index is 9.50. The molecule has 0 saturated carbocycles. The lowest BCUT2D eigenvalue weighted by molar-refractivity contribution is 0.444. The van der Waals surface area contributed by atoms with E-state index in [0.717, 1.165) is 5.69 Å². The third-order valence-electron chi connectivity index (χ3n) is 1.86. The van der Waals surface area contributed by atoms with Gasteiger partial charge in [0.1, 0.15) is 5.69 Å². The summed E-state index contributed by atoms with van der Waals surface area (Å²) in [5.74, 6) is 0.190. The largest absolute Gasteiger partial charge is 0.493 e. The first kappa shape index (κ1) is 7.09. The van der Waals surface area contributed by atoms with Gasteiger partial charge in [-0.25, -0.2) is 4.98 Å². The highest BCUT2D eigenvalue weighted by Gasteiger charge is 2.07. The Balaban J connectivity index is 2.95. The van der Waals surface area contributed by atoms with Gasteiger partial charge in [0.25, 0.3) is 0 Å². The number of rotatable bonds is 0. The fourth-order valence-electron chi connectivity index (χ4n) is 1.20. The van der Waals surface area contributed by atoms with Crippen LogP contribution in [0.4, 0.5) is 0 Å². The molecular weight excluding hydrogens is 154 g/mol. The van der Waals surface area contributed by atoms with E-state index < -0.39 is 0 Å². The van der Waals surface area contributed by atoms with Crippen LogP contribution in [-0.4, -0.2) is 19.5 Å². The second kappa shape index (κ2) is 2.20. The summed E-state index contributed by atoms with van der Waals surface area (Å²) in [6, 6.07) is 0. The van der Waals surface area contributed by atoms with Crippen LogP contribution in [0.25, 0.3) is 5.65 Å². The van der Waals surface area contributed by atoms with E-state index in [0.29, 0.717) is 11.3 Å². The van der Waals surface area contributed by atoms with Crippen molar-refractivity contribution in [2.45, 2.75) is 13.8 Å². The van der Waals surface area contributed by atoms with Crippen LogP contribution in [0.2, 0.25) is 0 Å². The smallest absolute Gasteiger partial charge is 0.219 e. The summed E-state index contributed by atoms with van der Waals surface area (Å²) in [6.07, 6.45) is 3.33. The van der Waals surface area contributed by atoms with Crippen molar-refractivity contribution >= 4 is 5.65 Å². The van der Waals surface area contributed by atoms with Crippen molar-refractivity contribution < 1.29 is 5.11 Å². The molecule has 62 valence electrons. The highest BCUT2D eigenvalue weighted by atomic mass is 16.3. The van der Waals surface area contributed by atoms with Gasteiger partial charge in [0.15, 0.2) is 5.65 Å². The van der Waals surface area contributed by atoms with E-state index in [9.17, 15) is 5.11 Å². The summed E-state index contributed by atoms with van der Waals surface area (Å²) in [6.45, 7) is 3.63. The van der Waals surface area contributed by atoms with E-state index in [1.165, 1.54) is 0 Å². The van der Waals surface area contributed by atoms with Crippen LogP contribution in [0.3, 0.4) is 0 Å². The number of hydrogen-bond donors (Lipinski definition) is 1. The molecule has 0 atom stereocenters. The van der Waals surface area contributed by atoms with Gasteiger partial charge in [0.05, 0.1) is 5.69 Å². The Bertz CT molecular complexity index is 433. The molecule has 0 saturated heterocycles. The fourth-order valence-corrected chi connectivity index (χ4v) is 1.20. The van der Waals surface area contributed by atoms with Crippen LogP contribution in [0.1, 0.15) is 11.4 Å². The zero-order valence-corrected chi connectivity index (χ0v) is 6.94. The number of aromatic hydroxyl groups is 1. The lowest BCUT2D eigenvalue weighted by Crippen LogP contribution is -1.89. The molecule has 2 aromatic rings. The van der Waals surface area contributed by atoms with Gasteiger partial charge in [-0.15, -0.1) is 0 Å². The molecule has 0 amide bonds. The Kier molecular flexibility index (Phi) is 1.30. The van der Waals surface area contributed by atoms with E-state index in [4.69, 9.17) is 0 Å².